The summed E-state index contributed by atoms with van der Waals surface area (Å²) in [5, 5.41) is 0. The number of ether oxygens (including phenoxy) is 1. The van der Waals surface area contributed by atoms with Crippen molar-refractivity contribution in [3.8, 4) is 0 Å². The van der Waals surface area contributed by atoms with Gasteiger partial charge in [-0.15, -0.1) is 0 Å². The molecule has 1 heterocycles. The molecule has 0 bridgehead atoms. The first-order valence-corrected chi connectivity index (χ1v) is 5.16. The second kappa shape index (κ2) is 2.80. The third-order valence-electron chi connectivity index (χ3n) is 0.710. The van der Waals surface area contributed by atoms with Crippen molar-refractivity contribution >= 4 is 0 Å². The molecule has 1 rings (SSSR count). The fraction of sp³-hybridized carbons (Fsp3) is 1.00. The summed E-state index contributed by atoms with van der Waals surface area (Å²) in [7, 11) is 0. The van der Waals surface area contributed by atoms with Crippen LogP contribution in [0.5, 0.6) is 0 Å². The number of hydrogen-bond acceptors (Lipinski definition) is 1. The monoisotopic (exact) mass is 199 g/mol. The average Bonchev–Trinajstić information content (AvgIpc) is 1.72. The van der Waals surface area contributed by atoms with Crippen LogP contribution >= 0.6 is 0 Å². The summed E-state index contributed by atoms with van der Waals surface area (Å²) in [6, 6.07) is 0. The van der Waals surface area contributed by atoms with E-state index in [1.54, 1.807) is 0 Å². The molecular weight excluding hydrogens is 191 g/mol. The summed E-state index contributed by atoms with van der Waals surface area (Å²) in [5.74, 6) is 0. The first-order valence-electron chi connectivity index (χ1n) is 2.11. The molecule has 1 aliphatic rings. The van der Waals surface area contributed by atoms with Gasteiger partial charge in [0.2, 0.25) is 0 Å². The van der Waals surface area contributed by atoms with Crippen LogP contribution in [0.2, 0.25) is 0 Å². The van der Waals surface area contributed by atoms with Gasteiger partial charge in [-0.05, 0) is 0 Å². The van der Waals surface area contributed by atoms with Crippen molar-refractivity contribution in [1.29, 1.82) is 0 Å². The minimum absolute atomic E-state index is 0.590. The Hall–Kier alpha value is 0.690. The van der Waals surface area contributed by atoms with Gasteiger partial charge < -0.3 is 0 Å². The number of halogens is 1. The molecule has 0 aromatic carbocycles. The van der Waals surface area contributed by atoms with Gasteiger partial charge in [-0.2, -0.15) is 0 Å². The van der Waals surface area contributed by atoms with E-state index in [4.69, 9.17) is 4.74 Å². The van der Waals surface area contributed by atoms with Gasteiger partial charge in [-0.25, -0.2) is 0 Å². The Bertz CT molecular complexity index is 23.0. The van der Waals surface area contributed by atoms with Crippen molar-refractivity contribution < 1.29 is 25.9 Å². The van der Waals surface area contributed by atoms with Crippen LogP contribution in [-0.2, 0) is 4.74 Å². The van der Waals surface area contributed by atoms with Gasteiger partial charge in [0.1, 0.15) is 0 Å². The summed E-state index contributed by atoms with van der Waals surface area (Å²) < 4.78 is 7.87. The Morgan fingerprint density at radius 2 is 1.83 bits per heavy atom. The quantitative estimate of drug-likeness (QED) is 0.300. The second-order valence-corrected chi connectivity index (χ2v) is 4.42. The zero-order valence-corrected chi connectivity index (χ0v) is 5.77. The molecule has 1 aliphatic heterocycles. The van der Waals surface area contributed by atoms with E-state index in [2.05, 4.69) is 0 Å². The molecule has 0 spiro atoms. The van der Waals surface area contributed by atoms with Crippen LogP contribution in [0, 0.1) is 0 Å². The van der Waals surface area contributed by atoms with Gasteiger partial charge in [-0.1, -0.05) is 0 Å². The normalized spacial score (nSPS) is 25.3. The van der Waals surface area contributed by atoms with E-state index in [0.29, 0.717) is 21.2 Å². The van der Waals surface area contributed by atoms with Gasteiger partial charge in [0.25, 0.3) is 0 Å². The number of rotatable bonds is 0. The van der Waals surface area contributed by atoms with Gasteiger partial charge in [0.15, 0.2) is 0 Å². The predicted molar refractivity (Wildman–Crippen MR) is 20.6 cm³/mol. The Morgan fingerprint density at radius 3 is 2.00 bits per heavy atom. The Labute approximate surface area is 48.3 Å². The van der Waals surface area contributed by atoms with E-state index in [-0.39, 0.29) is 0 Å². The first kappa shape index (κ1) is 4.84. The molecule has 1 nitrogen and oxygen atoms in total. The fourth-order valence-corrected chi connectivity index (χ4v) is 2.20. The first-order chi connectivity index (χ1) is 3.00. The summed E-state index contributed by atoms with van der Waals surface area (Å²) in [4.78, 5) is 0. The molecule has 6 heavy (non-hydrogen) atoms. The zero-order chi connectivity index (χ0) is 4.24. The average molecular weight is 199 g/mol. The van der Waals surface area contributed by atoms with Crippen molar-refractivity contribution in [3.05, 3.63) is 0 Å². The molecule has 0 aromatic heterocycles. The topological polar surface area (TPSA) is 9.23 Å². The van der Waals surface area contributed by atoms with Crippen molar-refractivity contribution in [3.63, 3.8) is 0 Å². The van der Waals surface area contributed by atoms with E-state index in [9.17, 15) is 0 Å². The Balaban J connectivity index is 2.00. The molecular formula is C4H8IO-. The van der Waals surface area contributed by atoms with Crippen molar-refractivity contribution in [2.45, 2.75) is 0 Å². The van der Waals surface area contributed by atoms with E-state index in [1.807, 2.05) is 0 Å². The maximum absolute atomic E-state index is 5.10. The van der Waals surface area contributed by atoms with Crippen LogP contribution in [-0.4, -0.2) is 22.1 Å². The van der Waals surface area contributed by atoms with Gasteiger partial charge in [-0.3, -0.25) is 0 Å². The summed E-state index contributed by atoms with van der Waals surface area (Å²) >= 11 is 0.590. The third kappa shape index (κ3) is 1.43. The Kier molecular flexibility index (Phi) is 2.26. The van der Waals surface area contributed by atoms with Crippen molar-refractivity contribution in [1.82, 2.24) is 0 Å². The fourth-order valence-electron chi connectivity index (χ4n) is 0.415. The standard InChI is InChI=1S/C4H8IO/c1-3-6-4-2-5-1/h1-4H2/q-1. The molecule has 1 fully saturated rings. The van der Waals surface area contributed by atoms with Crippen molar-refractivity contribution in [2.24, 2.45) is 0 Å². The molecule has 0 aliphatic carbocycles. The predicted octanol–water partition coefficient (Wildman–Crippen LogP) is -2.89. The van der Waals surface area contributed by atoms with Crippen LogP contribution in [0.15, 0.2) is 0 Å². The summed E-state index contributed by atoms with van der Waals surface area (Å²) in [5.41, 5.74) is 0. The molecule has 0 N–H and O–H groups in total. The van der Waals surface area contributed by atoms with Crippen LogP contribution in [0.4, 0.5) is 0 Å². The van der Waals surface area contributed by atoms with Crippen LogP contribution in [0.3, 0.4) is 0 Å². The summed E-state index contributed by atoms with van der Waals surface area (Å²) in [6.07, 6.45) is 0. The van der Waals surface area contributed by atoms with Gasteiger partial charge in [0, 0.05) is 0 Å². The molecule has 2 heteroatoms. The zero-order valence-electron chi connectivity index (χ0n) is 3.61. The van der Waals surface area contributed by atoms with Crippen LogP contribution in [0.1, 0.15) is 0 Å². The molecule has 0 radical (unpaired) electrons. The minimum atomic E-state index is 0.590. The molecule has 0 unspecified atom stereocenters. The SMILES string of the molecule is C1C[I-]CCO1. The number of hydrogen-bond donors (Lipinski definition) is 0. The summed E-state index contributed by atoms with van der Waals surface area (Å²) in [6.45, 7) is 2.10. The molecule has 0 atom stereocenters. The van der Waals surface area contributed by atoms with Crippen molar-refractivity contribution in [2.75, 3.05) is 22.1 Å². The molecule has 1 saturated heterocycles. The van der Waals surface area contributed by atoms with E-state index in [0.717, 1.165) is 13.2 Å². The molecule has 0 aromatic rings. The van der Waals surface area contributed by atoms with Crippen LogP contribution in [0.25, 0.3) is 0 Å². The molecule has 0 saturated carbocycles. The van der Waals surface area contributed by atoms with E-state index < -0.39 is 0 Å². The van der Waals surface area contributed by atoms with E-state index in [1.165, 1.54) is 8.86 Å². The van der Waals surface area contributed by atoms with Gasteiger partial charge in [0.05, 0.1) is 0 Å². The molecule has 0 amide bonds. The molecule has 38 valence electrons. The van der Waals surface area contributed by atoms with Crippen LogP contribution < -0.4 is 21.2 Å². The second-order valence-electron chi connectivity index (χ2n) is 1.18. The maximum atomic E-state index is 5.10. The third-order valence-corrected chi connectivity index (χ3v) is 3.12. The van der Waals surface area contributed by atoms with Gasteiger partial charge >= 0.3 is 48.0 Å². The number of alkyl halides is 2. The van der Waals surface area contributed by atoms with E-state index >= 15 is 0 Å². The Morgan fingerprint density at radius 1 is 1.17 bits per heavy atom.